The first-order valence-electron chi connectivity index (χ1n) is 5.77. The van der Waals surface area contributed by atoms with Gasteiger partial charge < -0.3 is 9.84 Å². The van der Waals surface area contributed by atoms with Crippen molar-refractivity contribution in [3.8, 4) is 11.5 Å². The second-order valence-corrected chi connectivity index (χ2v) is 5.21. The van der Waals surface area contributed by atoms with Gasteiger partial charge in [0.1, 0.15) is 5.75 Å². The molecule has 1 N–H and O–H groups in total. The van der Waals surface area contributed by atoms with Crippen LogP contribution in [0, 0.1) is 5.82 Å². The van der Waals surface area contributed by atoms with Gasteiger partial charge in [-0.1, -0.05) is 22.0 Å². The Morgan fingerprint density at radius 3 is 2.75 bits per heavy atom. The molecule has 1 heterocycles. The summed E-state index contributed by atoms with van der Waals surface area (Å²) in [6.07, 6.45) is 1.44. The van der Waals surface area contributed by atoms with E-state index >= 15 is 0 Å². The lowest BCUT2D eigenvalue weighted by molar-refractivity contribution is 0.101. The lowest BCUT2D eigenvalue weighted by Crippen LogP contribution is -1.98. The van der Waals surface area contributed by atoms with E-state index in [-0.39, 0.29) is 11.5 Å². The molecule has 0 aliphatic carbocycles. The van der Waals surface area contributed by atoms with Gasteiger partial charge in [0.15, 0.2) is 17.3 Å². The number of aromatic hydroxyl groups is 1. The molecule has 0 amide bonds. The standard InChI is InChI=1S/C15H8BrFO3/c16-9-2-4-13-10(7-9)15(19)14(20-13)6-8-1-3-12(18)11(17)5-8/h1-7,18H. The van der Waals surface area contributed by atoms with E-state index < -0.39 is 11.6 Å². The van der Waals surface area contributed by atoms with Gasteiger partial charge in [0, 0.05) is 4.47 Å². The predicted octanol–water partition coefficient (Wildman–Crippen LogP) is 3.91. The Balaban J connectivity index is 1.99. The maximum atomic E-state index is 13.3. The van der Waals surface area contributed by atoms with Crippen LogP contribution in [0.3, 0.4) is 0 Å². The third-order valence-electron chi connectivity index (χ3n) is 2.90. The fourth-order valence-electron chi connectivity index (χ4n) is 1.93. The first kappa shape index (κ1) is 12.9. The maximum Gasteiger partial charge on any atom is 0.232 e. The van der Waals surface area contributed by atoms with Crippen molar-refractivity contribution >= 4 is 27.8 Å². The molecule has 20 heavy (non-hydrogen) atoms. The van der Waals surface area contributed by atoms with Crippen molar-refractivity contribution in [1.29, 1.82) is 0 Å². The molecular formula is C15H8BrFO3. The van der Waals surface area contributed by atoms with E-state index in [2.05, 4.69) is 15.9 Å². The zero-order valence-electron chi connectivity index (χ0n) is 10.1. The molecule has 0 atom stereocenters. The van der Waals surface area contributed by atoms with E-state index in [9.17, 15) is 9.18 Å². The lowest BCUT2D eigenvalue weighted by atomic mass is 10.1. The molecule has 0 unspecified atom stereocenters. The number of phenols is 1. The van der Waals surface area contributed by atoms with Gasteiger partial charge in [-0.15, -0.1) is 0 Å². The number of benzene rings is 2. The van der Waals surface area contributed by atoms with Crippen LogP contribution in [0.15, 0.2) is 46.6 Å². The van der Waals surface area contributed by atoms with Gasteiger partial charge in [-0.2, -0.15) is 0 Å². The zero-order valence-corrected chi connectivity index (χ0v) is 11.6. The highest BCUT2D eigenvalue weighted by Gasteiger charge is 2.27. The van der Waals surface area contributed by atoms with Crippen LogP contribution in [-0.2, 0) is 0 Å². The molecule has 0 saturated carbocycles. The van der Waals surface area contributed by atoms with Crippen molar-refractivity contribution < 1.29 is 19.0 Å². The van der Waals surface area contributed by atoms with Crippen LogP contribution in [0.2, 0.25) is 0 Å². The van der Waals surface area contributed by atoms with Gasteiger partial charge in [-0.25, -0.2) is 4.39 Å². The second-order valence-electron chi connectivity index (χ2n) is 4.29. The minimum atomic E-state index is -0.745. The van der Waals surface area contributed by atoms with Gasteiger partial charge in [-0.05, 0) is 42.0 Å². The van der Waals surface area contributed by atoms with Gasteiger partial charge in [0.05, 0.1) is 5.56 Å². The topological polar surface area (TPSA) is 46.5 Å². The number of hydrogen-bond acceptors (Lipinski definition) is 3. The number of halogens is 2. The minimum absolute atomic E-state index is 0.128. The number of Topliss-reactive ketones (excluding diaryl/α,β-unsaturated/α-hetero) is 1. The van der Waals surface area contributed by atoms with Crippen LogP contribution < -0.4 is 4.74 Å². The Hall–Kier alpha value is -2.14. The molecule has 0 aromatic heterocycles. The molecule has 0 spiro atoms. The molecule has 100 valence electrons. The molecule has 1 aliphatic rings. The Labute approximate surface area is 122 Å². The largest absolute Gasteiger partial charge is 0.505 e. The fraction of sp³-hybridized carbons (Fsp3) is 0. The number of fused-ring (bicyclic) bond motifs is 1. The molecule has 1 aliphatic heterocycles. The molecule has 0 saturated heterocycles. The molecule has 2 aromatic carbocycles. The Morgan fingerprint density at radius 2 is 2.00 bits per heavy atom. The number of carbonyl (C=O) groups excluding carboxylic acids is 1. The van der Waals surface area contributed by atoms with Gasteiger partial charge in [0.25, 0.3) is 0 Å². The van der Waals surface area contributed by atoms with Crippen LogP contribution in [0.1, 0.15) is 15.9 Å². The van der Waals surface area contributed by atoms with Crippen molar-refractivity contribution in [2.24, 2.45) is 0 Å². The average Bonchev–Trinajstić information content (AvgIpc) is 2.71. The van der Waals surface area contributed by atoms with E-state index in [1.807, 2.05) is 0 Å². The van der Waals surface area contributed by atoms with E-state index in [4.69, 9.17) is 9.84 Å². The van der Waals surface area contributed by atoms with E-state index in [1.165, 1.54) is 18.2 Å². The Bertz CT molecular complexity index is 753. The first-order valence-corrected chi connectivity index (χ1v) is 6.56. The first-order chi connectivity index (χ1) is 9.54. The van der Waals surface area contributed by atoms with Crippen LogP contribution in [0.25, 0.3) is 6.08 Å². The van der Waals surface area contributed by atoms with Crippen molar-refractivity contribution in [2.45, 2.75) is 0 Å². The highest BCUT2D eigenvalue weighted by molar-refractivity contribution is 9.10. The van der Waals surface area contributed by atoms with Crippen LogP contribution >= 0.6 is 15.9 Å². The normalized spacial score (nSPS) is 15.3. The summed E-state index contributed by atoms with van der Waals surface area (Å²) < 4.78 is 19.5. The van der Waals surface area contributed by atoms with Gasteiger partial charge in [-0.3, -0.25) is 4.79 Å². The van der Waals surface area contributed by atoms with Crippen LogP contribution in [0.5, 0.6) is 11.5 Å². The quantitative estimate of drug-likeness (QED) is 0.804. The van der Waals surface area contributed by atoms with Gasteiger partial charge in [0.2, 0.25) is 5.78 Å². The minimum Gasteiger partial charge on any atom is -0.505 e. The summed E-state index contributed by atoms with van der Waals surface area (Å²) in [4.78, 5) is 12.1. The van der Waals surface area contributed by atoms with E-state index in [1.54, 1.807) is 18.2 Å². The molecule has 3 rings (SSSR count). The number of rotatable bonds is 1. The van der Waals surface area contributed by atoms with Crippen LogP contribution in [0.4, 0.5) is 4.39 Å². The summed E-state index contributed by atoms with van der Waals surface area (Å²) in [7, 11) is 0. The maximum absolute atomic E-state index is 13.3. The third-order valence-corrected chi connectivity index (χ3v) is 3.39. The monoisotopic (exact) mass is 334 g/mol. The number of carbonyl (C=O) groups is 1. The highest BCUT2D eigenvalue weighted by atomic mass is 79.9. The molecule has 2 aromatic rings. The highest BCUT2D eigenvalue weighted by Crippen LogP contribution is 2.34. The molecule has 0 radical (unpaired) electrons. The van der Waals surface area contributed by atoms with Crippen molar-refractivity contribution in [1.82, 2.24) is 0 Å². The smallest absolute Gasteiger partial charge is 0.232 e. The second kappa shape index (κ2) is 4.76. The Morgan fingerprint density at radius 1 is 1.20 bits per heavy atom. The molecular weight excluding hydrogens is 327 g/mol. The summed E-state index contributed by atoms with van der Waals surface area (Å²) in [5, 5.41) is 9.13. The fourth-order valence-corrected chi connectivity index (χ4v) is 2.29. The lowest BCUT2D eigenvalue weighted by Gasteiger charge is -2.00. The average molecular weight is 335 g/mol. The van der Waals surface area contributed by atoms with Crippen LogP contribution in [-0.4, -0.2) is 10.9 Å². The molecule has 0 bridgehead atoms. The number of ketones is 1. The zero-order chi connectivity index (χ0) is 14.3. The van der Waals surface area contributed by atoms with Gasteiger partial charge >= 0.3 is 0 Å². The molecule has 5 heteroatoms. The summed E-state index contributed by atoms with van der Waals surface area (Å²) in [6.45, 7) is 0. The summed E-state index contributed by atoms with van der Waals surface area (Å²) in [5.74, 6) is -0.829. The third kappa shape index (κ3) is 2.20. The molecule has 3 nitrogen and oxygen atoms in total. The van der Waals surface area contributed by atoms with E-state index in [0.29, 0.717) is 16.9 Å². The van der Waals surface area contributed by atoms with E-state index in [0.717, 1.165) is 10.5 Å². The number of allylic oxidation sites excluding steroid dienone is 1. The summed E-state index contributed by atoms with van der Waals surface area (Å²) in [6, 6.07) is 9.00. The predicted molar refractivity (Wildman–Crippen MR) is 75.1 cm³/mol. The number of ether oxygens (including phenoxy) is 1. The molecule has 0 fully saturated rings. The SMILES string of the molecule is O=C1C(=Cc2ccc(O)c(F)c2)Oc2ccc(Br)cc21. The summed E-state index contributed by atoms with van der Waals surface area (Å²) >= 11 is 3.29. The number of hydrogen-bond donors (Lipinski definition) is 1. The van der Waals surface area contributed by atoms with Crippen molar-refractivity contribution in [2.75, 3.05) is 0 Å². The van der Waals surface area contributed by atoms with Crippen molar-refractivity contribution in [3.63, 3.8) is 0 Å². The number of phenolic OH excluding ortho intramolecular Hbond substituents is 1. The Kier molecular flexibility index (Phi) is 3.06. The van der Waals surface area contributed by atoms with Crippen molar-refractivity contribution in [3.05, 3.63) is 63.6 Å². The summed E-state index contributed by atoms with van der Waals surface area (Å²) in [5.41, 5.74) is 0.903.